The molecule has 168 valence electrons. The predicted octanol–water partition coefficient (Wildman–Crippen LogP) is 4.03. The summed E-state index contributed by atoms with van der Waals surface area (Å²) in [6.07, 6.45) is 4.12. The van der Waals surface area contributed by atoms with Crippen LogP contribution in [0.4, 0.5) is 13.2 Å². The topological polar surface area (TPSA) is 81.1 Å². The lowest BCUT2D eigenvalue weighted by Crippen LogP contribution is -2.31. The van der Waals surface area contributed by atoms with Crippen LogP contribution in [-0.2, 0) is 22.8 Å². The van der Waals surface area contributed by atoms with E-state index in [2.05, 4.69) is 10.4 Å². The highest BCUT2D eigenvalue weighted by Crippen LogP contribution is 2.32. The third-order valence-corrected chi connectivity index (χ3v) is 6.98. The Morgan fingerprint density at radius 1 is 1.09 bits per heavy atom. The Labute approximate surface area is 183 Å². The van der Waals surface area contributed by atoms with Crippen molar-refractivity contribution in [1.29, 1.82) is 0 Å². The van der Waals surface area contributed by atoms with Crippen LogP contribution in [0.1, 0.15) is 46.1 Å². The minimum atomic E-state index is -5.45. The van der Waals surface area contributed by atoms with Crippen LogP contribution in [0.2, 0.25) is 0 Å². The van der Waals surface area contributed by atoms with Crippen molar-refractivity contribution in [3.8, 4) is 0 Å². The molecule has 0 bridgehead atoms. The molecule has 6 nitrogen and oxygen atoms in total. The fourth-order valence-corrected chi connectivity index (χ4v) is 4.58. The van der Waals surface area contributed by atoms with Crippen LogP contribution in [0.5, 0.6) is 0 Å². The second-order valence-electron chi connectivity index (χ2n) is 7.58. The molecule has 1 unspecified atom stereocenters. The highest BCUT2D eigenvalue weighted by atomic mass is 32.2. The van der Waals surface area contributed by atoms with Gasteiger partial charge in [-0.05, 0) is 49.1 Å². The average Bonchev–Trinajstić information content (AvgIpc) is 3.17. The van der Waals surface area contributed by atoms with E-state index in [1.54, 1.807) is 6.20 Å². The predicted molar refractivity (Wildman–Crippen MR) is 111 cm³/mol. The molecule has 1 atom stereocenters. The van der Waals surface area contributed by atoms with Crippen molar-refractivity contribution in [1.82, 2.24) is 15.1 Å². The molecule has 1 aromatic heterocycles. The maximum absolute atomic E-state index is 12.7. The van der Waals surface area contributed by atoms with Crippen LogP contribution < -0.4 is 5.32 Å². The number of sulfone groups is 1. The number of halogens is 3. The van der Waals surface area contributed by atoms with Gasteiger partial charge in [0, 0.05) is 16.8 Å². The van der Waals surface area contributed by atoms with Gasteiger partial charge in [-0.25, -0.2) is 8.42 Å². The number of nitrogens with zero attached hydrogens (tertiary/aromatic N) is 2. The summed E-state index contributed by atoms with van der Waals surface area (Å²) in [5.41, 5.74) is -2.25. The zero-order valence-electron chi connectivity index (χ0n) is 16.8. The highest BCUT2D eigenvalue weighted by molar-refractivity contribution is 7.92. The number of hydrogen-bond acceptors (Lipinski definition) is 4. The molecule has 0 radical (unpaired) electrons. The van der Waals surface area contributed by atoms with Crippen LogP contribution in [0.25, 0.3) is 0 Å². The summed E-state index contributed by atoms with van der Waals surface area (Å²) in [5, 5.41) is 7.37. The van der Waals surface area contributed by atoms with Crippen molar-refractivity contribution in [2.75, 3.05) is 0 Å². The van der Waals surface area contributed by atoms with E-state index < -0.39 is 26.1 Å². The van der Waals surface area contributed by atoms with E-state index in [0.29, 0.717) is 13.0 Å². The standard InChI is InChI=1S/C22H20F3N3O3S/c23-22(24,25)32(30,31)17-11-9-16(10-12-17)21(29)27-19-7-4-8-20-18(19)13-26-28(20)14-15-5-2-1-3-6-15/h1-3,5-6,9-13,19H,4,7-8,14H2,(H,27,29). The molecule has 10 heteroatoms. The first-order chi connectivity index (χ1) is 15.2. The van der Waals surface area contributed by atoms with Gasteiger partial charge >= 0.3 is 5.51 Å². The third-order valence-electron chi connectivity index (χ3n) is 5.47. The molecule has 1 heterocycles. The smallest absolute Gasteiger partial charge is 0.345 e. The molecule has 0 fully saturated rings. The van der Waals surface area contributed by atoms with Crippen LogP contribution in [-0.4, -0.2) is 29.6 Å². The third kappa shape index (κ3) is 4.27. The zero-order valence-corrected chi connectivity index (χ0v) is 17.7. The van der Waals surface area contributed by atoms with E-state index in [1.165, 1.54) is 0 Å². The first-order valence-electron chi connectivity index (χ1n) is 9.97. The Bertz CT molecular complexity index is 1220. The maximum Gasteiger partial charge on any atom is 0.501 e. The first kappa shape index (κ1) is 22.1. The maximum atomic E-state index is 12.7. The Morgan fingerprint density at radius 2 is 1.78 bits per heavy atom. The fraction of sp³-hybridized carbons (Fsp3) is 0.273. The van der Waals surface area contributed by atoms with Gasteiger partial charge in [-0.3, -0.25) is 9.48 Å². The molecular formula is C22H20F3N3O3S. The summed E-state index contributed by atoms with van der Waals surface area (Å²) >= 11 is 0. The van der Waals surface area contributed by atoms with Crippen molar-refractivity contribution >= 4 is 15.7 Å². The summed E-state index contributed by atoms with van der Waals surface area (Å²) in [7, 11) is -5.45. The number of carbonyl (C=O) groups is 1. The number of benzene rings is 2. The minimum absolute atomic E-state index is 0.0786. The largest absolute Gasteiger partial charge is 0.501 e. The summed E-state index contributed by atoms with van der Waals surface area (Å²) in [5.74, 6) is -0.491. The van der Waals surface area contributed by atoms with Crippen LogP contribution in [0.15, 0.2) is 65.7 Å². The van der Waals surface area contributed by atoms with Crippen molar-refractivity contribution in [2.45, 2.75) is 42.3 Å². The van der Waals surface area contributed by atoms with Crippen molar-refractivity contribution < 1.29 is 26.4 Å². The number of alkyl halides is 3. The van der Waals surface area contributed by atoms with E-state index >= 15 is 0 Å². The van der Waals surface area contributed by atoms with E-state index in [-0.39, 0.29) is 11.6 Å². The lowest BCUT2D eigenvalue weighted by atomic mass is 9.92. The minimum Gasteiger partial charge on any atom is -0.345 e. The Hall–Kier alpha value is -3.14. The Morgan fingerprint density at radius 3 is 2.44 bits per heavy atom. The van der Waals surface area contributed by atoms with Gasteiger partial charge in [0.25, 0.3) is 15.7 Å². The second kappa shape index (κ2) is 8.42. The molecular weight excluding hydrogens is 443 g/mol. The monoisotopic (exact) mass is 463 g/mol. The van der Waals surface area contributed by atoms with Gasteiger partial charge < -0.3 is 5.32 Å². The number of rotatable bonds is 5. The van der Waals surface area contributed by atoms with Gasteiger partial charge in [-0.2, -0.15) is 18.3 Å². The van der Waals surface area contributed by atoms with Crippen molar-refractivity contribution in [3.63, 3.8) is 0 Å². The zero-order chi connectivity index (χ0) is 22.9. The van der Waals surface area contributed by atoms with Crippen LogP contribution in [0, 0.1) is 0 Å². The van der Waals surface area contributed by atoms with Gasteiger partial charge in [0.1, 0.15) is 0 Å². The average molecular weight is 463 g/mol. The molecule has 0 aliphatic heterocycles. The normalized spacial score (nSPS) is 16.4. The second-order valence-corrected chi connectivity index (χ2v) is 9.52. The molecule has 1 aliphatic carbocycles. The Balaban J connectivity index is 1.49. The fourth-order valence-electron chi connectivity index (χ4n) is 3.82. The molecule has 2 aromatic carbocycles. The summed E-state index contributed by atoms with van der Waals surface area (Å²) < 4.78 is 63.0. The molecule has 0 spiro atoms. The summed E-state index contributed by atoms with van der Waals surface area (Å²) in [6.45, 7) is 0.617. The number of fused-ring (bicyclic) bond motifs is 1. The van der Waals surface area contributed by atoms with E-state index in [1.807, 2.05) is 35.0 Å². The molecule has 3 aromatic rings. The van der Waals surface area contributed by atoms with Gasteiger partial charge in [-0.1, -0.05) is 30.3 Å². The summed E-state index contributed by atoms with van der Waals surface area (Å²) in [4.78, 5) is 11.8. The van der Waals surface area contributed by atoms with Crippen molar-refractivity contribution in [3.05, 3.63) is 83.2 Å². The SMILES string of the molecule is O=C(NC1CCCc2c1cnn2Cc1ccccc1)c1ccc(S(=O)(=O)C(F)(F)F)cc1. The first-order valence-corrected chi connectivity index (χ1v) is 11.5. The molecule has 1 amide bonds. The molecule has 0 saturated carbocycles. The molecule has 32 heavy (non-hydrogen) atoms. The Kier molecular flexibility index (Phi) is 5.81. The van der Waals surface area contributed by atoms with Gasteiger partial charge in [0.05, 0.1) is 23.7 Å². The number of nitrogens with one attached hydrogen (secondary N) is 1. The van der Waals surface area contributed by atoms with Gasteiger partial charge in [-0.15, -0.1) is 0 Å². The quantitative estimate of drug-likeness (QED) is 0.620. The number of hydrogen-bond donors (Lipinski definition) is 1. The molecule has 0 saturated heterocycles. The molecule has 1 aliphatic rings. The van der Waals surface area contributed by atoms with Crippen LogP contribution in [0.3, 0.4) is 0 Å². The molecule has 1 N–H and O–H groups in total. The van der Waals surface area contributed by atoms with Gasteiger partial charge in [0.2, 0.25) is 0 Å². The highest BCUT2D eigenvalue weighted by Gasteiger charge is 2.46. The lowest BCUT2D eigenvalue weighted by molar-refractivity contribution is -0.0436. The number of aromatic nitrogens is 2. The number of carbonyl (C=O) groups excluding carboxylic acids is 1. The van der Waals surface area contributed by atoms with Gasteiger partial charge in [0.15, 0.2) is 0 Å². The van der Waals surface area contributed by atoms with E-state index in [4.69, 9.17) is 0 Å². The molecule has 4 rings (SSSR count). The van der Waals surface area contributed by atoms with E-state index in [9.17, 15) is 26.4 Å². The van der Waals surface area contributed by atoms with E-state index in [0.717, 1.165) is 53.9 Å². The number of amides is 1. The lowest BCUT2D eigenvalue weighted by Gasteiger charge is -2.24. The van der Waals surface area contributed by atoms with Crippen molar-refractivity contribution in [2.24, 2.45) is 0 Å². The summed E-state index contributed by atoms with van der Waals surface area (Å²) in [6, 6.07) is 13.3. The van der Waals surface area contributed by atoms with Crippen LogP contribution >= 0.6 is 0 Å².